The molecule has 1 fully saturated rings. The predicted octanol–water partition coefficient (Wildman–Crippen LogP) is 4.23. The number of sulfonamides is 1. The second-order valence-corrected chi connectivity index (χ2v) is 11.4. The standard InChI is InChI=1S/C25H26FN3O4S2/c1-18(30)27-21-8-12-24(13-9-21)35(32,33)29(22-10-11-22)17-25(31)28(16-23-3-2-14-34-23)15-19-4-6-20(26)7-5-19/h2-9,12-14,22H,10-11,15-17H2,1H3,(H,27,30). The lowest BCUT2D eigenvalue weighted by Gasteiger charge is -2.27. The van der Waals surface area contributed by atoms with E-state index in [2.05, 4.69) is 5.32 Å². The molecule has 0 atom stereocenters. The summed E-state index contributed by atoms with van der Waals surface area (Å²) in [6.07, 6.45) is 1.39. The van der Waals surface area contributed by atoms with Gasteiger partial charge in [-0.3, -0.25) is 9.59 Å². The maximum Gasteiger partial charge on any atom is 0.243 e. The highest BCUT2D eigenvalue weighted by atomic mass is 32.2. The molecule has 4 rings (SSSR count). The maximum absolute atomic E-state index is 13.4. The number of carbonyl (C=O) groups excluding carboxylic acids is 2. The molecule has 0 spiro atoms. The van der Waals surface area contributed by atoms with Gasteiger partial charge in [0.25, 0.3) is 0 Å². The third kappa shape index (κ3) is 6.53. The number of nitrogens with zero attached hydrogens (tertiary/aromatic N) is 2. The molecule has 1 aliphatic carbocycles. The zero-order valence-electron chi connectivity index (χ0n) is 19.2. The van der Waals surface area contributed by atoms with Crippen LogP contribution in [0.5, 0.6) is 0 Å². The van der Waals surface area contributed by atoms with Crippen molar-refractivity contribution in [1.29, 1.82) is 0 Å². The highest BCUT2D eigenvalue weighted by Crippen LogP contribution is 2.32. The molecule has 35 heavy (non-hydrogen) atoms. The van der Waals surface area contributed by atoms with Gasteiger partial charge in [-0.25, -0.2) is 12.8 Å². The number of amides is 2. The van der Waals surface area contributed by atoms with E-state index >= 15 is 0 Å². The van der Waals surface area contributed by atoms with Crippen LogP contribution < -0.4 is 5.32 Å². The quantitative estimate of drug-likeness (QED) is 0.438. The molecule has 2 aromatic carbocycles. The Morgan fingerprint density at radius 2 is 1.71 bits per heavy atom. The Morgan fingerprint density at radius 1 is 1.03 bits per heavy atom. The van der Waals surface area contributed by atoms with E-state index in [0.717, 1.165) is 10.4 Å². The second kappa shape index (κ2) is 10.7. The smallest absolute Gasteiger partial charge is 0.243 e. The molecule has 10 heteroatoms. The van der Waals surface area contributed by atoms with Gasteiger partial charge in [0.2, 0.25) is 21.8 Å². The number of carbonyl (C=O) groups is 2. The van der Waals surface area contributed by atoms with Crippen LogP contribution in [0.3, 0.4) is 0 Å². The first-order chi connectivity index (χ1) is 16.7. The van der Waals surface area contributed by atoms with E-state index < -0.39 is 10.0 Å². The molecule has 0 unspecified atom stereocenters. The van der Waals surface area contributed by atoms with Crippen LogP contribution in [-0.2, 0) is 32.7 Å². The van der Waals surface area contributed by atoms with E-state index in [1.54, 1.807) is 17.0 Å². The van der Waals surface area contributed by atoms with Gasteiger partial charge in [0.15, 0.2) is 0 Å². The molecule has 1 aliphatic rings. The first kappa shape index (κ1) is 25.0. The largest absolute Gasteiger partial charge is 0.332 e. The van der Waals surface area contributed by atoms with E-state index in [9.17, 15) is 22.4 Å². The minimum atomic E-state index is -3.93. The molecular formula is C25H26FN3O4S2. The Labute approximate surface area is 208 Å². The summed E-state index contributed by atoms with van der Waals surface area (Å²) in [4.78, 5) is 27.3. The molecule has 0 bridgehead atoms. The van der Waals surface area contributed by atoms with Crippen LogP contribution in [0.25, 0.3) is 0 Å². The average Bonchev–Trinajstić information content (AvgIpc) is 3.53. The van der Waals surface area contributed by atoms with Crippen LogP contribution in [0.2, 0.25) is 0 Å². The van der Waals surface area contributed by atoms with Gasteiger partial charge in [-0.15, -0.1) is 11.3 Å². The lowest BCUT2D eigenvalue weighted by atomic mass is 10.2. The Morgan fingerprint density at radius 3 is 2.29 bits per heavy atom. The highest BCUT2D eigenvalue weighted by molar-refractivity contribution is 7.89. The normalized spacial score (nSPS) is 13.6. The van der Waals surface area contributed by atoms with Gasteiger partial charge in [-0.1, -0.05) is 18.2 Å². The predicted molar refractivity (Wildman–Crippen MR) is 133 cm³/mol. The van der Waals surface area contributed by atoms with Crippen molar-refractivity contribution in [1.82, 2.24) is 9.21 Å². The zero-order valence-corrected chi connectivity index (χ0v) is 20.8. The van der Waals surface area contributed by atoms with Gasteiger partial charge in [-0.2, -0.15) is 4.31 Å². The second-order valence-electron chi connectivity index (χ2n) is 8.44. The van der Waals surface area contributed by atoms with Gasteiger partial charge >= 0.3 is 0 Å². The van der Waals surface area contributed by atoms with E-state index in [1.807, 2.05) is 17.5 Å². The Balaban J connectivity index is 1.55. The van der Waals surface area contributed by atoms with Crippen molar-refractivity contribution in [3.8, 4) is 0 Å². The monoisotopic (exact) mass is 515 g/mol. The number of hydrogen-bond donors (Lipinski definition) is 1. The fourth-order valence-electron chi connectivity index (χ4n) is 3.69. The maximum atomic E-state index is 13.4. The molecule has 3 aromatic rings. The van der Waals surface area contributed by atoms with Crippen LogP contribution in [0.1, 0.15) is 30.2 Å². The van der Waals surface area contributed by atoms with E-state index in [0.29, 0.717) is 25.1 Å². The van der Waals surface area contributed by atoms with Crippen molar-refractivity contribution >= 4 is 38.9 Å². The minimum Gasteiger partial charge on any atom is -0.332 e. The van der Waals surface area contributed by atoms with Crippen molar-refractivity contribution in [2.75, 3.05) is 11.9 Å². The van der Waals surface area contributed by atoms with Gasteiger partial charge in [-0.05, 0) is 66.2 Å². The van der Waals surface area contributed by atoms with Gasteiger partial charge in [0.05, 0.1) is 18.0 Å². The van der Waals surface area contributed by atoms with Gasteiger partial charge in [0, 0.05) is 30.1 Å². The van der Waals surface area contributed by atoms with Crippen LogP contribution in [0.15, 0.2) is 70.9 Å². The van der Waals surface area contributed by atoms with E-state index in [4.69, 9.17) is 0 Å². The molecule has 1 saturated carbocycles. The number of nitrogens with one attached hydrogen (secondary N) is 1. The molecule has 2 amide bonds. The minimum absolute atomic E-state index is 0.0645. The fraction of sp³-hybridized carbons (Fsp3) is 0.280. The number of rotatable bonds is 10. The van der Waals surface area contributed by atoms with Crippen molar-refractivity contribution in [3.05, 3.63) is 82.3 Å². The molecule has 0 saturated heterocycles. The SMILES string of the molecule is CC(=O)Nc1ccc(S(=O)(=O)N(CC(=O)N(Cc2ccc(F)cc2)Cc2cccs2)C2CC2)cc1. The van der Waals surface area contributed by atoms with Crippen LogP contribution in [0.4, 0.5) is 10.1 Å². The summed E-state index contributed by atoms with van der Waals surface area (Å²) >= 11 is 1.51. The van der Waals surface area contributed by atoms with E-state index in [1.165, 1.54) is 59.0 Å². The number of halogens is 1. The number of benzene rings is 2. The summed E-state index contributed by atoms with van der Waals surface area (Å²) in [5.74, 6) is -0.939. The van der Waals surface area contributed by atoms with Crippen molar-refractivity contribution in [2.24, 2.45) is 0 Å². The molecular weight excluding hydrogens is 489 g/mol. The summed E-state index contributed by atoms with van der Waals surface area (Å²) in [5, 5.41) is 4.53. The summed E-state index contributed by atoms with van der Waals surface area (Å²) < 4.78 is 41.5. The lowest BCUT2D eigenvalue weighted by molar-refractivity contribution is -0.132. The molecule has 1 heterocycles. The number of hydrogen-bond acceptors (Lipinski definition) is 5. The Bertz CT molecular complexity index is 1270. The first-order valence-electron chi connectivity index (χ1n) is 11.2. The van der Waals surface area contributed by atoms with Gasteiger partial charge < -0.3 is 10.2 Å². The Hall–Kier alpha value is -3.08. The van der Waals surface area contributed by atoms with Gasteiger partial charge in [0.1, 0.15) is 5.82 Å². The van der Waals surface area contributed by atoms with Crippen LogP contribution >= 0.6 is 11.3 Å². The van der Waals surface area contributed by atoms with Crippen molar-refractivity contribution in [2.45, 2.75) is 43.8 Å². The molecule has 1 N–H and O–H groups in total. The van der Waals surface area contributed by atoms with Crippen LogP contribution in [0, 0.1) is 5.82 Å². The van der Waals surface area contributed by atoms with Crippen molar-refractivity contribution < 1.29 is 22.4 Å². The first-order valence-corrected chi connectivity index (χ1v) is 13.5. The topological polar surface area (TPSA) is 86.8 Å². The lowest BCUT2D eigenvalue weighted by Crippen LogP contribution is -2.43. The Kier molecular flexibility index (Phi) is 7.63. The molecule has 184 valence electrons. The number of anilines is 1. The highest BCUT2D eigenvalue weighted by Gasteiger charge is 2.40. The number of thiophene rings is 1. The third-order valence-corrected chi connectivity index (χ3v) is 8.37. The summed E-state index contributed by atoms with van der Waals surface area (Å²) in [6, 6.07) is 15.4. The zero-order chi connectivity index (χ0) is 25.0. The van der Waals surface area contributed by atoms with Crippen molar-refractivity contribution in [3.63, 3.8) is 0 Å². The molecule has 1 aromatic heterocycles. The third-order valence-electron chi connectivity index (χ3n) is 5.59. The summed E-state index contributed by atoms with van der Waals surface area (Å²) in [5.41, 5.74) is 1.25. The average molecular weight is 516 g/mol. The van der Waals surface area contributed by atoms with Crippen LogP contribution in [-0.4, -0.2) is 42.0 Å². The molecule has 0 aliphatic heterocycles. The molecule has 0 radical (unpaired) electrons. The summed E-state index contributed by atoms with van der Waals surface area (Å²) in [7, 11) is -3.93. The fourth-order valence-corrected chi connectivity index (χ4v) is 6.04. The van der Waals surface area contributed by atoms with E-state index in [-0.39, 0.29) is 41.7 Å². The summed E-state index contributed by atoms with van der Waals surface area (Å²) in [6.45, 7) is 1.66. The molecule has 7 nitrogen and oxygen atoms in total.